The molecule has 3 rings (SSSR count). The Balaban J connectivity index is 1.40. The van der Waals surface area contributed by atoms with Crippen molar-refractivity contribution >= 4 is 23.8 Å². The van der Waals surface area contributed by atoms with Crippen molar-refractivity contribution in [1.29, 1.82) is 0 Å². The number of likely N-dealkylation sites (tertiary alicyclic amines) is 1. The molecular formula is C23H32N4O4. The van der Waals surface area contributed by atoms with Crippen molar-refractivity contribution in [3.8, 4) is 5.75 Å². The minimum atomic E-state index is -0.606. The van der Waals surface area contributed by atoms with Gasteiger partial charge in [0.2, 0.25) is 17.7 Å². The number of hydrogen-bond acceptors (Lipinski definition) is 5. The third kappa shape index (κ3) is 6.55. The molecule has 1 aromatic carbocycles. The topological polar surface area (TPSA) is 82.2 Å². The maximum absolute atomic E-state index is 12.7. The van der Waals surface area contributed by atoms with Crippen LogP contribution in [0.3, 0.4) is 0 Å². The average molecular weight is 429 g/mol. The second-order valence-corrected chi connectivity index (χ2v) is 8.03. The molecule has 2 aliphatic rings. The number of piperazine rings is 1. The minimum absolute atomic E-state index is 0.100. The Morgan fingerprint density at radius 2 is 1.65 bits per heavy atom. The number of nitrogens with zero attached hydrogens (tertiary/aromatic N) is 3. The summed E-state index contributed by atoms with van der Waals surface area (Å²) in [5.74, 6) is 0.520. The second kappa shape index (κ2) is 10.9. The van der Waals surface area contributed by atoms with Crippen LogP contribution in [0.25, 0.3) is 6.08 Å². The van der Waals surface area contributed by atoms with Crippen LogP contribution in [-0.2, 0) is 14.4 Å². The molecule has 2 aliphatic heterocycles. The third-order valence-corrected chi connectivity index (χ3v) is 5.77. The lowest BCUT2D eigenvalue weighted by molar-refractivity contribution is -0.137. The largest absolute Gasteiger partial charge is 0.497 e. The summed E-state index contributed by atoms with van der Waals surface area (Å²) in [6.45, 7) is 6.31. The Morgan fingerprint density at radius 1 is 1.00 bits per heavy atom. The van der Waals surface area contributed by atoms with Gasteiger partial charge in [-0.15, -0.1) is 0 Å². The van der Waals surface area contributed by atoms with E-state index in [9.17, 15) is 14.4 Å². The van der Waals surface area contributed by atoms with E-state index in [0.29, 0.717) is 32.7 Å². The van der Waals surface area contributed by atoms with Crippen molar-refractivity contribution in [3.63, 3.8) is 0 Å². The van der Waals surface area contributed by atoms with Crippen LogP contribution in [0.15, 0.2) is 30.3 Å². The van der Waals surface area contributed by atoms with Gasteiger partial charge in [0.05, 0.1) is 13.7 Å². The molecule has 0 radical (unpaired) electrons. The summed E-state index contributed by atoms with van der Waals surface area (Å²) in [7, 11) is 1.60. The molecule has 8 heteroatoms. The highest BCUT2D eigenvalue weighted by molar-refractivity contribution is 5.95. The van der Waals surface area contributed by atoms with E-state index in [4.69, 9.17) is 4.74 Å². The molecule has 1 aromatic rings. The van der Waals surface area contributed by atoms with Crippen LogP contribution in [0.1, 0.15) is 25.3 Å². The first-order valence-corrected chi connectivity index (χ1v) is 10.9. The number of methoxy groups -OCH3 is 1. The Bertz CT molecular complexity index is 794. The van der Waals surface area contributed by atoms with Gasteiger partial charge in [-0.1, -0.05) is 12.1 Å². The SMILES string of the molecule is COc1ccc(/C=C/C(=O)NC(C)C(=O)N2CCN(CC(=O)N3CCCC3)CC2)cc1. The summed E-state index contributed by atoms with van der Waals surface area (Å²) in [6.07, 6.45) is 5.30. The van der Waals surface area contributed by atoms with E-state index in [1.54, 1.807) is 25.0 Å². The normalized spacial score (nSPS) is 18.3. The Labute approximate surface area is 183 Å². The zero-order valence-electron chi connectivity index (χ0n) is 18.4. The number of amides is 3. The third-order valence-electron chi connectivity index (χ3n) is 5.77. The summed E-state index contributed by atoms with van der Waals surface area (Å²) in [4.78, 5) is 43.0. The molecule has 0 saturated carbocycles. The second-order valence-electron chi connectivity index (χ2n) is 8.03. The highest BCUT2D eigenvalue weighted by atomic mass is 16.5. The predicted octanol–water partition coefficient (Wildman–Crippen LogP) is 0.980. The molecule has 8 nitrogen and oxygen atoms in total. The Morgan fingerprint density at radius 3 is 2.26 bits per heavy atom. The standard InChI is InChI=1S/C23H32N4O4/c1-18(24-21(28)10-7-19-5-8-20(31-2)9-6-19)23(30)27-15-13-25(14-16-27)17-22(29)26-11-3-4-12-26/h5-10,18H,3-4,11-17H2,1-2H3,(H,24,28)/b10-7+. The first-order valence-electron chi connectivity index (χ1n) is 10.9. The van der Waals surface area contributed by atoms with Crippen LogP contribution in [0, 0.1) is 0 Å². The maximum Gasteiger partial charge on any atom is 0.244 e. The number of ether oxygens (including phenoxy) is 1. The van der Waals surface area contributed by atoms with Gasteiger partial charge in [0, 0.05) is 45.3 Å². The summed E-state index contributed by atoms with van der Waals surface area (Å²) in [5, 5.41) is 2.73. The van der Waals surface area contributed by atoms with Crippen LogP contribution in [0.5, 0.6) is 5.75 Å². The Kier molecular flexibility index (Phi) is 8.06. The lowest BCUT2D eigenvalue weighted by Gasteiger charge is -2.36. The molecule has 0 aliphatic carbocycles. The van der Waals surface area contributed by atoms with E-state index in [1.165, 1.54) is 6.08 Å². The predicted molar refractivity (Wildman–Crippen MR) is 118 cm³/mol. The van der Waals surface area contributed by atoms with E-state index >= 15 is 0 Å². The molecule has 1 unspecified atom stereocenters. The van der Waals surface area contributed by atoms with E-state index in [1.807, 2.05) is 29.2 Å². The van der Waals surface area contributed by atoms with Crippen molar-refractivity contribution in [2.45, 2.75) is 25.8 Å². The summed E-state index contributed by atoms with van der Waals surface area (Å²) < 4.78 is 5.11. The summed E-state index contributed by atoms with van der Waals surface area (Å²) in [6, 6.07) is 6.74. The molecular weight excluding hydrogens is 396 g/mol. The molecule has 1 N–H and O–H groups in total. The van der Waals surface area contributed by atoms with Crippen LogP contribution in [-0.4, -0.2) is 91.4 Å². The molecule has 0 aromatic heterocycles. The molecule has 31 heavy (non-hydrogen) atoms. The van der Waals surface area contributed by atoms with Gasteiger partial charge < -0.3 is 19.9 Å². The van der Waals surface area contributed by atoms with Gasteiger partial charge in [0.25, 0.3) is 0 Å². The van der Waals surface area contributed by atoms with Gasteiger partial charge in [0.15, 0.2) is 0 Å². The molecule has 2 saturated heterocycles. The molecule has 0 spiro atoms. The van der Waals surface area contributed by atoms with Crippen molar-refractivity contribution < 1.29 is 19.1 Å². The van der Waals surface area contributed by atoms with Crippen molar-refractivity contribution in [3.05, 3.63) is 35.9 Å². The fraction of sp³-hybridized carbons (Fsp3) is 0.522. The molecule has 3 amide bonds. The van der Waals surface area contributed by atoms with Crippen molar-refractivity contribution in [2.24, 2.45) is 0 Å². The fourth-order valence-electron chi connectivity index (χ4n) is 3.87. The summed E-state index contributed by atoms with van der Waals surface area (Å²) in [5.41, 5.74) is 0.870. The van der Waals surface area contributed by atoms with Crippen molar-refractivity contribution in [1.82, 2.24) is 20.0 Å². The van der Waals surface area contributed by atoms with Crippen LogP contribution < -0.4 is 10.1 Å². The van der Waals surface area contributed by atoms with E-state index in [2.05, 4.69) is 10.2 Å². The van der Waals surface area contributed by atoms with Gasteiger partial charge in [-0.3, -0.25) is 19.3 Å². The quantitative estimate of drug-likeness (QED) is 0.655. The van der Waals surface area contributed by atoms with Gasteiger partial charge in [-0.05, 0) is 43.5 Å². The number of benzene rings is 1. The van der Waals surface area contributed by atoms with Gasteiger partial charge >= 0.3 is 0 Å². The van der Waals surface area contributed by atoms with E-state index < -0.39 is 6.04 Å². The van der Waals surface area contributed by atoms with E-state index in [0.717, 1.165) is 37.2 Å². The maximum atomic E-state index is 12.7. The number of hydrogen-bond donors (Lipinski definition) is 1. The smallest absolute Gasteiger partial charge is 0.244 e. The van der Waals surface area contributed by atoms with Gasteiger partial charge in [0.1, 0.15) is 11.8 Å². The zero-order valence-corrected chi connectivity index (χ0v) is 18.4. The van der Waals surface area contributed by atoms with Crippen LogP contribution in [0.4, 0.5) is 0 Å². The van der Waals surface area contributed by atoms with E-state index in [-0.39, 0.29) is 17.7 Å². The molecule has 168 valence electrons. The highest BCUT2D eigenvalue weighted by Gasteiger charge is 2.27. The fourth-order valence-corrected chi connectivity index (χ4v) is 3.87. The Hall–Kier alpha value is -2.87. The summed E-state index contributed by atoms with van der Waals surface area (Å²) >= 11 is 0. The molecule has 2 heterocycles. The lowest BCUT2D eigenvalue weighted by atomic mass is 10.2. The lowest BCUT2D eigenvalue weighted by Crippen LogP contribution is -2.55. The number of rotatable bonds is 7. The highest BCUT2D eigenvalue weighted by Crippen LogP contribution is 2.12. The molecule has 0 bridgehead atoms. The van der Waals surface area contributed by atoms with Gasteiger partial charge in [-0.25, -0.2) is 0 Å². The molecule has 2 fully saturated rings. The average Bonchev–Trinajstić information content (AvgIpc) is 3.33. The zero-order chi connectivity index (χ0) is 22.2. The van der Waals surface area contributed by atoms with Crippen molar-refractivity contribution in [2.75, 3.05) is 52.9 Å². The number of carbonyl (C=O) groups excluding carboxylic acids is 3. The monoisotopic (exact) mass is 428 g/mol. The van der Waals surface area contributed by atoms with Gasteiger partial charge in [-0.2, -0.15) is 0 Å². The van der Waals surface area contributed by atoms with Crippen LogP contribution in [0.2, 0.25) is 0 Å². The number of carbonyl (C=O) groups is 3. The van der Waals surface area contributed by atoms with Crippen LogP contribution >= 0.6 is 0 Å². The first-order chi connectivity index (χ1) is 15.0. The first kappa shape index (κ1) is 22.8. The minimum Gasteiger partial charge on any atom is -0.497 e. The number of nitrogens with one attached hydrogen (secondary N) is 1. The molecule has 1 atom stereocenters.